The Labute approximate surface area is 201 Å². The largest absolute Gasteiger partial charge is 0.433 e. The third-order valence-corrected chi connectivity index (χ3v) is 8.38. The Morgan fingerprint density at radius 2 is 1.83 bits per heavy atom. The number of aryl methyl sites for hydroxylation is 1. The molecule has 0 bridgehead atoms. The number of nitrogens with two attached hydrogens (primary N) is 1. The topological polar surface area (TPSA) is 98.1 Å². The molecular weight excluding hydrogens is 461 g/mol. The molecule has 2 amide bonds. The highest BCUT2D eigenvalue weighted by molar-refractivity contribution is 5.75. The van der Waals surface area contributed by atoms with E-state index in [4.69, 9.17) is 5.73 Å². The predicted molar refractivity (Wildman–Crippen MR) is 119 cm³/mol. The first-order valence-corrected chi connectivity index (χ1v) is 12.4. The van der Waals surface area contributed by atoms with Gasteiger partial charge >= 0.3 is 12.2 Å². The maximum absolute atomic E-state index is 13.0. The van der Waals surface area contributed by atoms with E-state index in [-0.39, 0.29) is 22.9 Å². The molecule has 6 rings (SSSR count). The lowest BCUT2D eigenvalue weighted by Gasteiger charge is -2.59. The van der Waals surface area contributed by atoms with Crippen LogP contribution < -0.4 is 5.73 Å². The number of hydrogen-bond donors (Lipinski definition) is 1. The van der Waals surface area contributed by atoms with Crippen molar-refractivity contribution >= 4 is 6.03 Å². The van der Waals surface area contributed by atoms with Crippen LogP contribution in [0.3, 0.4) is 0 Å². The summed E-state index contributed by atoms with van der Waals surface area (Å²) in [4.78, 5) is 21.2. The van der Waals surface area contributed by atoms with Gasteiger partial charge in [-0.25, -0.2) is 14.5 Å². The summed E-state index contributed by atoms with van der Waals surface area (Å²) in [6.07, 6.45) is 3.36. The van der Waals surface area contributed by atoms with Crippen LogP contribution in [-0.2, 0) is 25.2 Å². The molecule has 2 saturated carbocycles. The van der Waals surface area contributed by atoms with Crippen molar-refractivity contribution < 1.29 is 18.0 Å². The van der Waals surface area contributed by atoms with Gasteiger partial charge in [-0.3, -0.25) is 4.68 Å². The number of alkyl halides is 3. The number of rotatable bonds is 4. The molecule has 2 aliphatic carbocycles. The molecule has 9 nitrogen and oxygen atoms in total. The number of hydrogen-bond acceptors (Lipinski definition) is 5. The number of nitrogens with zero attached hydrogens (tertiary/aromatic N) is 7. The Balaban J connectivity index is 0.953. The highest BCUT2D eigenvalue weighted by atomic mass is 19.4. The number of amides is 2. The first-order valence-electron chi connectivity index (χ1n) is 12.4. The smallest absolute Gasteiger partial charge is 0.325 e. The molecule has 4 heterocycles. The standard InChI is InChI=1S/C23H31F3N8O/c1-31-18(23(24,25)26)9-16(29-31)8-15-2-6-32(7-3-15)20(35)33-12-21(13-33)10-17(11-21)34-14-28-19(30-34)22(27)4-5-22/h9,14-15,17H,2-8,10-13,27H2,1H3. The van der Waals surface area contributed by atoms with Gasteiger partial charge in [-0.2, -0.15) is 23.4 Å². The summed E-state index contributed by atoms with van der Waals surface area (Å²) in [6, 6.07) is 1.55. The molecule has 190 valence electrons. The van der Waals surface area contributed by atoms with Gasteiger partial charge in [-0.05, 0) is 56.9 Å². The second kappa shape index (κ2) is 7.68. The van der Waals surface area contributed by atoms with E-state index in [2.05, 4.69) is 15.2 Å². The maximum atomic E-state index is 13.0. The summed E-state index contributed by atoms with van der Waals surface area (Å²) < 4.78 is 41.9. The minimum Gasteiger partial charge on any atom is -0.325 e. The van der Waals surface area contributed by atoms with Crippen LogP contribution in [0.25, 0.3) is 0 Å². The van der Waals surface area contributed by atoms with Crippen molar-refractivity contribution in [1.82, 2.24) is 34.3 Å². The van der Waals surface area contributed by atoms with Crippen LogP contribution in [0.1, 0.15) is 61.8 Å². The Kier molecular flexibility index (Phi) is 5.01. The van der Waals surface area contributed by atoms with Gasteiger partial charge in [0.05, 0.1) is 17.3 Å². The van der Waals surface area contributed by atoms with Crippen molar-refractivity contribution in [3.05, 3.63) is 29.6 Å². The van der Waals surface area contributed by atoms with Crippen molar-refractivity contribution in [3.8, 4) is 0 Å². The zero-order chi connectivity index (χ0) is 24.6. The van der Waals surface area contributed by atoms with E-state index in [9.17, 15) is 18.0 Å². The van der Waals surface area contributed by atoms with Crippen LogP contribution in [-0.4, -0.2) is 66.6 Å². The van der Waals surface area contributed by atoms with Gasteiger partial charge < -0.3 is 15.5 Å². The molecule has 2 aromatic rings. The van der Waals surface area contributed by atoms with Crippen molar-refractivity contribution in [2.75, 3.05) is 26.2 Å². The number of likely N-dealkylation sites (tertiary alicyclic amines) is 2. The van der Waals surface area contributed by atoms with E-state index in [1.54, 1.807) is 6.33 Å². The van der Waals surface area contributed by atoms with E-state index in [1.165, 1.54) is 7.05 Å². The molecule has 2 saturated heterocycles. The summed E-state index contributed by atoms with van der Waals surface area (Å²) >= 11 is 0. The number of urea groups is 1. The van der Waals surface area contributed by atoms with Gasteiger partial charge in [-0.1, -0.05) is 0 Å². The molecule has 1 spiro atoms. The Morgan fingerprint density at radius 1 is 1.14 bits per heavy atom. The maximum Gasteiger partial charge on any atom is 0.433 e. The van der Waals surface area contributed by atoms with Gasteiger partial charge in [-0.15, -0.1) is 0 Å². The summed E-state index contributed by atoms with van der Waals surface area (Å²) in [6.45, 7) is 2.83. The van der Waals surface area contributed by atoms with Crippen LogP contribution in [0.15, 0.2) is 12.4 Å². The van der Waals surface area contributed by atoms with E-state index < -0.39 is 11.9 Å². The number of carbonyl (C=O) groups excluding carboxylic acids is 1. The van der Waals surface area contributed by atoms with Crippen LogP contribution in [0.2, 0.25) is 0 Å². The molecule has 2 aromatic heterocycles. The number of piperidine rings is 1. The third-order valence-electron chi connectivity index (χ3n) is 8.38. The molecule has 2 aliphatic heterocycles. The van der Waals surface area contributed by atoms with Gasteiger partial charge in [0.2, 0.25) is 0 Å². The lowest BCUT2D eigenvalue weighted by atomic mass is 9.61. The van der Waals surface area contributed by atoms with Crippen LogP contribution in [0, 0.1) is 11.3 Å². The van der Waals surface area contributed by atoms with Crippen molar-refractivity contribution in [1.29, 1.82) is 0 Å². The summed E-state index contributed by atoms with van der Waals surface area (Å²) in [7, 11) is 1.32. The fraction of sp³-hybridized carbons (Fsp3) is 0.739. The van der Waals surface area contributed by atoms with E-state index in [0.717, 1.165) is 68.2 Å². The normalized spacial score (nSPS) is 23.9. The van der Waals surface area contributed by atoms with E-state index >= 15 is 0 Å². The van der Waals surface area contributed by atoms with Gasteiger partial charge in [0.15, 0.2) is 5.82 Å². The Bertz CT molecular complexity index is 1110. The van der Waals surface area contributed by atoms with E-state index in [1.807, 2.05) is 14.5 Å². The Morgan fingerprint density at radius 3 is 2.43 bits per heavy atom. The summed E-state index contributed by atoms with van der Waals surface area (Å²) in [5.74, 6) is 0.983. The van der Waals surface area contributed by atoms with Crippen LogP contribution >= 0.6 is 0 Å². The second-order valence-corrected chi connectivity index (χ2v) is 11.2. The first kappa shape index (κ1) is 22.8. The lowest BCUT2D eigenvalue weighted by molar-refractivity contribution is -0.143. The molecule has 35 heavy (non-hydrogen) atoms. The SMILES string of the molecule is Cn1nc(CC2CCN(C(=O)N3CC4(CC(n5cnc(C6(N)CC6)n5)C4)C3)CC2)cc1C(F)(F)F. The second-order valence-electron chi connectivity index (χ2n) is 11.2. The van der Waals surface area contributed by atoms with Gasteiger partial charge in [0, 0.05) is 38.6 Å². The minimum absolute atomic E-state index is 0.0802. The van der Waals surface area contributed by atoms with E-state index in [0.29, 0.717) is 31.2 Å². The quantitative estimate of drug-likeness (QED) is 0.708. The van der Waals surface area contributed by atoms with Crippen LogP contribution in [0.5, 0.6) is 0 Å². The summed E-state index contributed by atoms with van der Waals surface area (Å²) in [5.41, 5.74) is 5.81. The summed E-state index contributed by atoms with van der Waals surface area (Å²) in [5, 5.41) is 8.65. The number of carbonyl (C=O) groups is 1. The van der Waals surface area contributed by atoms with Crippen molar-refractivity contribution in [2.45, 2.75) is 62.7 Å². The predicted octanol–water partition coefficient (Wildman–Crippen LogP) is 2.69. The molecule has 0 atom stereocenters. The lowest BCUT2D eigenvalue weighted by Crippen LogP contribution is -2.66. The average Bonchev–Trinajstić information content (AvgIpc) is 3.14. The molecular formula is C23H31F3N8O. The average molecular weight is 493 g/mol. The fourth-order valence-electron chi connectivity index (χ4n) is 6.04. The fourth-order valence-corrected chi connectivity index (χ4v) is 6.04. The van der Waals surface area contributed by atoms with Gasteiger partial charge in [0.25, 0.3) is 0 Å². The number of aromatic nitrogens is 5. The molecule has 12 heteroatoms. The zero-order valence-electron chi connectivity index (χ0n) is 19.8. The Hall–Kier alpha value is -2.63. The zero-order valence-corrected chi connectivity index (χ0v) is 19.8. The highest BCUT2D eigenvalue weighted by Crippen LogP contribution is 2.54. The highest BCUT2D eigenvalue weighted by Gasteiger charge is 2.55. The minimum atomic E-state index is -4.40. The van der Waals surface area contributed by atoms with Crippen molar-refractivity contribution in [2.24, 2.45) is 24.1 Å². The van der Waals surface area contributed by atoms with Gasteiger partial charge in [0.1, 0.15) is 12.0 Å². The molecule has 0 radical (unpaired) electrons. The molecule has 4 aliphatic rings. The molecule has 4 fully saturated rings. The molecule has 0 aromatic carbocycles. The van der Waals surface area contributed by atoms with Crippen molar-refractivity contribution in [3.63, 3.8) is 0 Å². The monoisotopic (exact) mass is 492 g/mol. The first-order chi connectivity index (χ1) is 16.5. The van der Waals surface area contributed by atoms with Crippen LogP contribution in [0.4, 0.5) is 18.0 Å². The number of halogens is 3. The molecule has 2 N–H and O–H groups in total. The molecule has 0 unspecified atom stereocenters. The third kappa shape index (κ3) is 4.09.